The second kappa shape index (κ2) is 6.59. The van der Waals surface area contributed by atoms with Gasteiger partial charge in [0.2, 0.25) is 0 Å². The molecule has 2 aromatic rings. The lowest BCUT2D eigenvalue weighted by Crippen LogP contribution is -2.00. The van der Waals surface area contributed by atoms with Crippen molar-refractivity contribution in [3.05, 3.63) is 58.4 Å². The number of rotatable bonds is 5. The summed E-state index contributed by atoms with van der Waals surface area (Å²) in [6.45, 7) is -0.0414. The SMILES string of the molecule is COc1ccc(COc2cccc(Cl)c2CO)cc1F. The third kappa shape index (κ3) is 3.21. The Morgan fingerprint density at radius 2 is 2.00 bits per heavy atom. The summed E-state index contributed by atoms with van der Waals surface area (Å²) in [5, 5.41) is 9.70. The van der Waals surface area contributed by atoms with Crippen LogP contribution < -0.4 is 9.47 Å². The molecule has 0 aliphatic carbocycles. The molecule has 5 heteroatoms. The van der Waals surface area contributed by atoms with Crippen molar-refractivity contribution < 1.29 is 19.0 Å². The number of ether oxygens (including phenoxy) is 2. The van der Waals surface area contributed by atoms with Gasteiger partial charge in [-0.15, -0.1) is 0 Å². The molecule has 1 N–H and O–H groups in total. The predicted molar refractivity (Wildman–Crippen MR) is 74.7 cm³/mol. The highest BCUT2D eigenvalue weighted by molar-refractivity contribution is 6.31. The molecule has 0 atom stereocenters. The van der Waals surface area contributed by atoms with Crippen LogP contribution in [0.5, 0.6) is 11.5 Å². The maximum atomic E-state index is 13.5. The fourth-order valence-electron chi connectivity index (χ4n) is 1.79. The van der Waals surface area contributed by atoms with Gasteiger partial charge in [0.1, 0.15) is 12.4 Å². The Balaban J connectivity index is 2.13. The average Bonchev–Trinajstić information content (AvgIpc) is 2.45. The Labute approximate surface area is 121 Å². The third-order valence-electron chi connectivity index (χ3n) is 2.84. The number of benzene rings is 2. The molecule has 0 unspecified atom stereocenters. The molecule has 0 aliphatic rings. The Morgan fingerprint density at radius 3 is 2.65 bits per heavy atom. The van der Waals surface area contributed by atoms with Gasteiger partial charge in [-0.05, 0) is 29.8 Å². The molecule has 0 radical (unpaired) electrons. The van der Waals surface area contributed by atoms with E-state index in [1.165, 1.54) is 13.2 Å². The minimum absolute atomic E-state index is 0.175. The maximum Gasteiger partial charge on any atom is 0.165 e. The summed E-state index contributed by atoms with van der Waals surface area (Å²) >= 11 is 5.96. The lowest BCUT2D eigenvalue weighted by atomic mass is 10.2. The van der Waals surface area contributed by atoms with Gasteiger partial charge in [-0.25, -0.2) is 4.39 Å². The predicted octanol–water partition coefficient (Wildman–Crippen LogP) is 3.56. The summed E-state index contributed by atoms with van der Waals surface area (Å²) < 4.78 is 24.0. The number of methoxy groups -OCH3 is 1. The summed E-state index contributed by atoms with van der Waals surface area (Å²) in [4.78, 5) is 0. The molecular weight excluding hydrogens is 283 g/mol. The van der Waals surface area contributed by atoms with E-state index in [2.05, 4.69) is 0 Å². The van der Waals surface area contributed by atoms with E-state index in [9.17, 15) is 9.50 Å². The van der Waals surface area contributed by atoms with Gasteiger partial charge in [0.05, 0.1) is 13.7 Å². The lowest BCUT2D eigenvalue weighted by Gasteiger charge is -2.12. The first-order valence-corrected chi connectivity index (χ1v) is 6.37. The van der Waals surface area contributed by atoms with Crippen molar-refractivity contribution in [2.24, 2.45) is 0 Å². The zero-order valence-corrected chi connectivity index (χ0v) is 11.7. The first-order chi connectivity index (χ1) is 9.65. The zero-order chi connectivity index (χ0) is 14.5. The van der Waals surface area contributed by atoms with Gasteiger partial charge >= 0.3 is 0 Å². The van der Waals surface area contributed by atoms with Crippen LogP contribution in [0, 0.1) is 5.82 Å². The van der Waals surface area contributed by atoms with E-state index in [0.717, 1.165) is 0 Å². The lowest BCUT2D eigenvalue weighted by molar-refractivity contribution is 0.259. The molecule has 0 saturated carbocycles. The average molecular weight is 297 g/mol. The van der Waals surface area contributed by atoms with Crippen LogP contribution in [-0.4, -0.2) is 12.2 Å². The van der Waals surface area contributed by atoms with E-state index >= 15 is 0 Å². The molecule has 0 amide bonds. The molecule has 0 spiro atoms. The zero-order valence-electron chi connectivity index (χ0n) is 10.9. The molecular formula is C15H14ClFO3. The summed E-state index contributed by atoms with van der Waals surface area (Å²) in [6.07, 6.45) is 0. The van der Waals surface area contributed by atoms with Gasteiger partial charge in [0.25, 0.3) is 0 Å². The Bertz CT molecular complexity index is 602. The van der Waals surface area contributed by atoms with Crippen LogP contribution >= 0.6 is 11.6 Å². The van der Waals surface area contributed by atoms with Gasteiger partial charge in [0, 0.05) is 10.6 Å². The minimum Gasteiger partial charge on any atom is -0.494 e. The van der Waals surface area contributed by atoms with Gasteiger partial charge in [0.15, 0.2) is 11.6 Å². The fraction of sp³-hybridized carbons (Fsp3) is 0.200. The molecule has 2 aromatic carbocycles. The number of hydrogen-bond donors (Lipinski definition) is 1. The van der Waals surface area contributed by atoms with Crippen LogP contribution in [-0.2, 0) is 13.2 Å². The Hall–Kier alpha value is -1.78. The first-order valence-electron chi connectivity index (χ1n) is 5.99. The normalized spacial score (nSPS) is 10.4. The summed E-state index contributed by atoms with van der Waals surface area (Å²) in [5.74, 6) is 0.228. The molecule has 0 saturated heterocycles. The van der Waals surface area contributed by atoms with Crippen molar-refractivity contribution in [3.63, 3.8) is 0 Å². The maximum absolute atomic E-state index is 13.5. The molecule has 0 bridgehead atoms. The Morgan fingerprint density at radius 1 is 1.20 bits per heavy atom. The highest BCUT2D eigenvalue weighted by Crippen LogP contribution is 2.27. The highest BCUT2D eigenvalue weighted by Gasteiger charge is 2.08. The topological polar surface area (TPSA) is 38.7 Å². The number of aliphatic hydroxyl groups excluding tert-OH is 1. The van der Waals surface area contributed by atoms with E-state index in [0.29, 0.717) is 21.9 Å². The molecule has 3 nitrogen and oxygen atoms in total. The van der Waals surface area contributed by atoms with Crippen LogP contribution in [0.4, 0.5) is 4.39 Å². The van der Waals surface area contributed by atoms with E-state index in [1.807, 2.05) is 0 Å². The van der Waals surface area contributed by atoms with Crippen LogP contribution in [0.2, 0.25) is 5.02 Å². The highest BCUT2D eigenvalue weighted by atomic mass is 35.5. The molecule has 0 aliphatic heterocycles. The van der Waals surface area contributed by atoms with Crippen LogP contribution in [0.15, 0.2) is 36.4 Å². The van der Waals surface area contributed by atoms with Crippen molar-refractivity contribution >= 4 is 11.6 Å². The second-order valence-electron chi connectivity index (χ2n) is 4.13. The monoisotopic (exact) mass is 296 g/mol. The fourth-order valence-corrected chi connectivity index (χ4v) is 2.01. The van der Waals surface area contributed by atoms with Gasteiger partial charge < -0.3 is 14.6 Å². The first kappa shape index (κ1) is 14.6. The summed E-state index contributed by atoms with van der Waals surface area (Å²) in [5.41, 5.74) is 1.18. The number of halogens is 2. The van der Waals surface area contributed by atoms with Gasteiger partial charge in [-0.3, -0.25) is 0 Å². The van der Waals surface area contributed by atoms with Crippen molar-refractivity contribution in [2.75, 3.05) is 7.11 Å². The molecule has 106 valence electrons. The Kier molecular flexibility index (Phi) is 4.82. The third-order valence-corrected chi connectivity index (χ3v) is 3.20. The second-order valence-corrected chi connectivity index (χ2v) is 4.54. The van der Waals surface area contributed by atoms with Crippen molar-refractivity contribution in [3.8, 4) is 11.5 Å². The molecule has 20 heavy (non-hydrogen) atoms. The van der Waals surface area contributed by atoms with E-state index in [1.54, 1.807) is 30.3 Å². The molecule has 0 fully saturated rings. The van der Waals surface area contributed by atoms with Crippen molar-refractivity contribution in [1.82, 2.24) is 0 Å². The van der Waals surface area contributed by atoms with E-state index in [-0.39, 0.29) is 19.0 Å². The standard InChI is InChI=1S/C15H14ClFO3/c1-19-15-6-5-10(7-13(15)17)9-20-14-4-2-3-12(16)11(14)8-18/h2-7,18H,8-9H2,1H3. The smallest absolute Gasteiger partial charge is 0.165 e. The molecule has 2 rings (SSSR count). The minimum atomic E-state index is -0.443. The summed E-state index contributed by atoms with van der Waals surface area (Å²) in [6, 6.07) is 9.71. The van der Waals surface area contributed by atoms with E-state index in [4.69, 9.17) is 21.1 Å². The van der Waals surface area contributed by atoms with Crippen molar-refractivity contribution in [1.29, 1.82) is 0 Å². The quantitative estimate of drug-likeness (QED) is 0.917. The van der Waals surface area contributed by atoms with Crippen LogP contribution in [0.25, 0.3) is 0 Å². The van der Waals surface area contributed by atoms with Gasteiger partial charge in [-0.2, -0.15) is 0 Å². The van der Waals surface area contributed by atoms with Crippen LogP contribution in [0.1, 0.15) is 11.1 Å². The largest absolute Gasteiger partial charge is 0.494 e. The van der Waals surface area contributed by atoms with Gasteiger partial charge in [-0.1, -0.05) is 23.7 Å². The number of aliphatic hydroxyl groups is 1. The molecule has 0 heterocycles. The van der Waals surface area contributed by atoms with Crippen molar-refractivity contribution in [2.45, 2.75) is 13.2 Å². The summed E-state index contributed by atoms with van der Waals surface area (Å²) in [7, 11) is 1.41. The van der Waals surface area contributed by atoms with Crippen LogP contribution in [0.3, 0.4) is 0 Å². The molecule has 0 aromatic heterocycles. The van der Waals surface area contributed by atoms with E-state index < -0.39 is 5.82 Å². The number of hydrogen-bond acceptors (Lipinski definition) is 3.